The lowest BCUT2D eigenvalue weighted by atomic mass is 10.0. The van der Waals surface area contributed by atoms with Gasteiger partial charge in [0.05, 0.1) is 24.4 Å². The predicted molar refractivity (Wildman–Crippen MR) is 87.3 cm³/mol. The van der Waals surface area contributed by atoms with E-state index in [0.717, 1.165) is 23.2 Å². The zero-order valence-corrected chi connectivity index (χ0v) is 14.3. The van der Waals surface area contributed by atoms with E-state index in [0.29, 0.717) is 6.61 Å². The Bertz CT molecular complexity index is 424. The molecule has 0 aliphatic carbocycles. The Kier molecular flexibility index (Phi) is 6.95. The second-order valence-electron chi connectivity index (χ2n) is 5.48. The van der Waals surface area contributed by atoms with Gasteiger partial charge in [-0.05, 0) is 47.5 Å². The Balaban J connectivity index is 2.73. The average Bonchev–Trinajstić information content (AvgIpc) is 2.43. The highest BCUT2D eigenvalue weighted by molar-refractivity contribution is 9.10. The van der Waals surface area contributed by atoms with Gasteiger partial charge in [0.1, 0.15) is 0 Å². The maximum absolute atomic E-state index is 9.46. The van der Waals surface area contributed by atoms with Crippen LogP contribution in [0.1, 0.15) is 19.4 Å². The van der Waals surface area contributed by atoms with Gasteiger partial charge in [-0.1, -0.05) is 6.07 Å². The van der Waals surface area contributed by atoms with Crippen molar-refractivity contribution in [1.82, 2.24) is 5.32 Å². The van der Waals surface area contributed by atoms with Crippen molar-refractivity contribution in [3.8, 4) is 0 Å². The Labute approximate surface area is 130 Å². The lowest BCUT2D eigenvalue weighted by Crippen LogP contribution is -2.44. The van der Waals surface area contributed by atoms with Crippen molar-refractivity contribution in [3.63, 3.8) is 0 Å². The van der Waals surface area contributed by atoms with E-state index in [9.17, 15) is 5.11 Å². The molecule has 1 rings (SSSR count). The number of methoxy groups -OCH3 is 1. The normalized spacial score (nSPS) is 11.7. The molecule has 0 saturated carbocycles. The molecule has 0 aliphatic rings. The summed E-state index contributed by atoms with van der Waals surface area (Å²) in [5.41, 5.74) is 2.00. The van der Waals surface area contributed by atoms with E-state index in [4.69, 9.17) is 4.74 Å². The van der Waals surface area contributed by atoms with Crippen LogP contribution in [-0.2, 0) is 11.3 Å². The second kappa shape index (κ2) is 7.98. The molecule has 5 heteroatoms. The van der Waals surface area contributed by atoms with Gasteiger partial charge in [-0.25, -0.2) is 0 Å². The third-order valence-corrected chi connectivity index (χ3v) is 4.12. The minimum absolute atomic E-state index is 0.107. The molecule has 2 N–H and O–H groups in total. The van der Waals surface area contributed by atoms with Crippen molar-refractivity contribution in [1.29, 1.82) is 0 Å². The topological polar surface area (TPSA) is 44.7 Å². The molecule has 0 saturated heterocycles. The average molecular weight is 345 g/mol. The first-order chi connectivity index (χ1) is 9.42. The number of rotatable bonds is 8. The fourth-order valence-corrected chi connectivity index (χ4v) is 2.46. The third kappa shape index (κ3) is 4.74. The van der Waals surface area contributed by atoms with Gasteiger partial charge in [-0.3, -0.25) is 0 Å². The minimum Gasteiger partial charge on any atom is -0.394 e. The number of nitrogens with zero attached hydrogens (tertiary/aromatic N) is 1. The summed E-state index contributed by atoms with van der Waals surface area (Å²) in [7, 11) is 3.69. The molecule has 0 aromatic heterocycles. The van der Waals surface area contributed by atoms with Crippen molar-refractivity contribution in [3.05, 3.63) is 28.2 Å². The lowest BCUT2D eigenvalue weighted by molar-refractivity contribution is 0.199. The number of hydrogen-bond donors (Lipinski definition) is 2. The molecule has 20 heavy (non-hydrogen) atoms. The number of anilines is 1. The summed E-state index contributed by atoms with van der Waals surface area (Å²) in [6.45, 7) is 6.50. The van der Waals surface area contributed by atoms with Crippen LogP contribution in [0.15, 0.2) is 22.7 Å². The number of halogens is 1. The molecule has 0 bridgehead atoms. The number of hydrogen-bond acceptors (Lipinski definition) is 4. The predicted octanol–water partition coefficient (Wildman–Crippen LogP) is 2.39. The van der Waals surface area contributed by atoms with Gasteiger partial charge in [0, 0.05) is 31.7 Å². The van der Waals surface area contributed by atoms with Crippen LogP contribution in [0.5, 0.6) is 0 Å². The highest BCUT2D eigenvalue weighted by atomic mass is 79.9. The molecule has 0 spiro atoms. The number of benzene rings is 1. The van der Waals surface area contributed by atoms with Gasteiger partial charge in [0.15, 0.2) is 0 Å². The van der Waals surface area contributed by atoms with Crippen molar-refractivity contribution in [2.75, 3.05) is 38.8 Å². The molecule has 1 aromatic rings. The van der Waals surface area contributed by atoms with Crippen LogP contribution in [0.25, 0.3) is 0 Å². The zero-order chi connectivity index (χ0) is 15.2. The Morgan fingerprint density at radius 3 is 2.65 bits per heavy atom. The summed E-state index contributed by atoms with van der Waals surface area (Å²) in [4.78, 5) is 2.08. The first kappa shape index (κ1) is 17.4. The molecule has 0 unspecified atom stereocenters. The molecule has 0 atom stereocenters. The van der Waals surface area contributed by atoms with E-state index in [1.807, 2.05) is 20.9 Å². The Morgan fingerprint density at radius 1 is 1.40 bits per heavy atom. The van der Waals surface area contributed by atoms with Gasteiger partial charge < -0.3 is 20.1 Å². The number of nitrogens with one attached hydrogen (secondary N) is 1. The molecule has 0 aliphatic heterocycles. The summed E-state index contributed by atoms with van der Waals surface area (Å²) in [5, 5.41) is 12.8. The highest BCUT2D eigenvalue weighted by Crippen LogP contribution is 2.30. The van der Waals surface area contributed by atoms with Crippen molar-refractivity contribution in [2.45, 2.75) is 25.9 Å². The van der Waals surface area contributed by atoms with Crippen molar-refractivity contribution < 1.29 is 9.84 Å². The second-order valence-corrected chi connectivity index (χ2v) is 6.34. The summed E-state index contributed by atoms with van der Waals surface area (Å²) in [5.74, 6) is 0. The summed E-state index contributed by atoms with van der Waals surface area (Å²) in [6, 6.07) is 6.29. The molecule has 114 valence electrons. The summed E-state index contributed by atoms with van der Waals surface area (Å²) >= 11 is 3.62. The molecular weight excluding hydrogens is 320 g/mol. The van der Waals surface area contributed by atoms with Gasteiger partial charge in [-0.2, -0.15) is 0 Å². The fourth-order valence-electron chi connectivity index (χ4n) is 1.77. The lowest BCUT2D eigenvalue weighted by Gasteiger charge is -2.36. The van der Waals surface area contributed by atoms with Crippen LogP contribution >= 0.6 is 15.9 Å². The van der Waals surface area contributed by atoms with Gasteiger partial charge >= 0.3 is 0 Å². The number of ether oxygens (including phenoxy) is 1. The van der Waals surface area contributed by atoms with Crippen LogP contribution in [0.2, 0.25) is 0 Å². The van der Waals surface area contributed by atoms with E-state index in [-0.39, 0.29) is 12.1 Å². The summed E-state index contributed by atoms with van der Waals surface area (Å²) < 4.78 is 6.04. The number of aliphatic hydroxyl groups is 1. The van der Waals surface area contributed by atoms with E-state index >= 15 is 0 Å². The SMILES string of the molecule is COCCNCc1ccc(N(C)C(C)(C)CO)c(Br)c1. The maximum atomic E-state index is 9.46. The van der Waals surface area contributed by atoms with Crippen molar-refractivity contribution >= 4 is 21.6 Å². The van der Waals surface area contributed by atoms with Crippen molar-refractivity contribution in [2.24, 2.45) is 0 Å². The largest absolute Gasteiger partial charge is 0.394 e. The highest BCUT2D eigenvalue weighted by Gasteiger charge is 2.24. The standard InChI is InChI=1S/C15H25BrN2O2/c1-15(2,11-19)18(3)14-6-5-12(9-13(14)16)10-17-7-8-20-4/h5-6,9,17,19H,7-8,10-11H2,1-4H3. The number of likely N-dealkylation sites (N-methyl/N-ethyl adjacent to an activating group) is 1. The molecule has 0 amide bonds. The minimum atomic E-state index is -0.291. The molecule has 1 aromatic carbocycles. The van der Waals surface area contributed by atoms with E-state index in [2.05, 4.69) is 44.3 Å². The smallest absolute Gasteiger partial charge is 0.0658 e. The fraction of sp³-hybridized carbons (Fsp3) is 0.600. The molecular formula is C15H25BrN2O2. The van der Waals surface area contributed by atoms with E-state index in [1.54, 1.807) is 7.11 Å². The van der Waals surface area contributed by atoms with Crippen LogP contribution in [0.4, 0.5) is 5.69 Å². The van der Waals surface area contributed by atoms with Gasteiger partial charge in [0.2, 0.25) is 0 Å². The maximum Gasteiger partial charge on any atom is 0.0658 e. The zero-order valence-electron chi connectivity index (χ0n) is 12.7. The first-order valence-electron chi connectivity index (χ1n) is 6.75. The Hall–Kier alpha value is -0.620. The van der Waals surface area contributed by atoms with Crippen LogP contribution in [0.3, 0.4) is 0 Å². The van der Waals surface area contributed by atoms with Crippen LogP contribution in [0, 0.1) is 0 Å². The van der Waals surface area contributed by atoms with Crippen LogP contribution < -0.4 is 10.2 Å². The quantitative estimate of drug-likeness (QED) is 0.710. The molecule has 4 nitrogen and oxygen atoms in total. The Morgan fingerprint density at radius 2 is 2.10 bits per heavy atom. The van der Waals surface area contributed by atoms with Crippen LogP contribution in [-0.4, -0.2) is 44.6 Å². The monoisotopic (exact) mass is 344 g/mol. The van der Waals surface area contributed by atoms with Gasteiger partial charge in [-0.15, -0.1) is 0 Å². The molecule has 0 fully saturated rings. The van der Waals surface area contributed by atoms with Gasteiger partial charge in [0.25, 0.3) is 0 Å². The first-order valence-corrected chi connectivity index (χ1v) is 7.54. The third-order valence-electron chi connectivity index (χ3n) is 3.48. The van der Waals surface area contributed by atoms with E-state index < -0.39 is 0 Å². The number of aliphatic hydroxyl groups excluding tert-OH is 1. The summed E-state index contributed by atoms with van der Waals surface area (Å²) in [6.07, 6.45) is 0. The molecule has 0 radical (unpaired) electrons. The molecule has 0 heterocycles. The van der Waals surface area contributed by atoms with E-state index in [1.165, 1.54) is 5.56 Å².